The summed E-state index contributed by atoms with van der Waals surface area (Å²) in [7, 11) is -3.96. The van der Waals surface area contributed by atoms with Gasteiger partial charge in [-0.2, -0.15) is 5.10 Å². The van der Waals surface area contributed by atoms with Crippen molar-refractivity contribution in [3.05, 3.63) is 53.8 Å². The maximum atomic E-state index is 14.1. The van der Waals surface area contributed by atoms with Crippen LogP contribution in [0.15, 0.2) is 52.5 Å². The topological polar surface area (TPSA) is 117 Å². The van der Waals surface area contributed by atoms with E-state index in [4.69, 9.17) is 17.4 Å². The van der Waals surface area contributed by atoms with Crippen molar-refractivity contribution in [2.75, 3.05) is 16.8 Å². The number of para-hydroxylation sites is 2. The van der Waals surface area contributed by atoms with Gasteiger partial charge in [-0.1, -0.05) is 24.3 Å². The van der Waals surface area contributed by atoms with Crippen molar-refractivity contribution in [1.29, 1.82) is 0 Å². The first-order chi connectivity index (χ1) is 13.2. The summed E-state index contributed by atoms with van der Waals surface area (Å²) in [4.78, 5) is 13.7. The van der Waals surface area contributed by atoms with Crippen LogP contribution in [0.5, 0.6) is 0 Å². The number of benzene rings is 2. The number of anilines is 2. The number of amides is 1. The van der Waals surface area contributed by atoms with Crippen molar-refractivity contribution in [3.8, 4) is 0 Å². The quantitative estimate of drug-likeness (QED) is 0.509. The molecule has 0 spiro atoms. The van der Waals surface area contributed by atoms with Crippen LogP contribution >= 0.6 is 12.2 Å². The Labute approximate surface area is 166 Å². The van der Waals surface area contributed by atoms with E-state index in [2.05, 4.69) is 15.8 Å². The molecule has 28 heavy (non-hydrogen) atoms. The molecule has 1 aliphatic heterocycles. The third-order valence-corrected chi connectivity index (χ3v) is 5.15. The minimum atomic E-state index is -3.96. The van der Waals surface area contributed by atoms with Gasteiger partial charge in [0.05, 0.1) is 11.4 Å². The van der Waals surface area contributed by atoms with Crippen molar-refractivity contribution in [1.82, 2.24) is 5.43 Å². The Morgan fingerprint density at radius 1 is 1.25 bits per heavy atom. The lowest BCUT2D eigenvalue weighted by atomic mass is 10.1. The first-order valence-corrected chi connectivity index (χ1v) is 10.1. The molecule has 8 nitrogen and oxygen atoms in total. The lowest BCUT2D eigenvalue weighted by molar-refractivity contribution is -0.112. The third kappa shape index (κ3) is 3.72. The molecule has 146 valence electrons. The minimum Gasteiger partial charge on any atom is -0.330 e. The predicted octanol–water partition coefficient (Wildman–Crippen LogP) is 1.53. The molecule has 1 aliphatic rings. The number of nitrogens with two attached hydrogens (primary N) is 1. The molecule has 0 atom stereocenters. The molecule has 0 saturated carbocycles. The summed E-state index contributed by atoms with van der Waals surface area (Å²) < 4.78 is 37.4. The van der Waals surface area contributed by atoms with Gasteiger partial charge in [0.15, 0.2) is 10.8 Å². The zero-order chi connectivity index (χ0) is 20.5. The average molecular weight is 421 g/mol. The maximum absolute atomic E-state index is 14.1. The Hall–Kier alpha value is -2.89. The number of hydrogen-bond donors (Lipinski definition) is 3. The van der Waals surface area contributed by atoms with Gasteiger partial charge >= 0.3 is 0 Å². The summed E-state index contributed by atoms with van der Waals surface area (Å²) in [5.41, 5.74) is 3.15. The second-order valence-corrected chi connectivity index (χ2v) is 7.69. The Kier molecular flexibility index (Phi) is 5.40. The van der Waals surface area contributed by atoms with Crippen molar-refractivity contribution in [3.63, 3.8) is 0 Å². The number of hydrazone groups is 1. The summed E-state index contributed by atoms with van der Waals surface area (Å²) in [6.45, 7) is 2.00. The van der Waals surface area contributed by atoms with Crippen LogP contribution in [0.4, 0.5) is 15.8 Å². The number of thiocarbonyl (C=S) groups is 1. The molecule has 0 unspecified atom stereocenters. The normalized spacial score (nSPS) is 14.9. The number of carbonyl (C=O) groups is 1. The Morgan fingerprint density at radius 2 is 1.96 bits per heavy atom. The van der Waals surface area contributed by atoms with Crippen LogP contribution in [-0.4, -0.2) is 31.7 Å². The SMILES string of the molecule is CCN1C(=O)C(=NNC(=S)Nc2ccccc2S(N)(=O)=O)c2cccc(F)c21. The van der Waals surface area contributed by atoms with Crippen LogP contribution in [0.3, 0.4) is 0 Å². The molecular formula is C17H16FN5O3S2. The summed E-state index contributed by atoms with van der Waals surface area (Å²) in [6, 6.07) is 10.2. The lowest BCUT2D eigenvalue weighted by Gasteiger charge is -2.14. The van der Waals surface area contributed by atoms with Crippen LogP contribution in [0.25, 0.3) is 0 Å². The molecule has 4 N–H and O–H groups in total. The fraction of sp³-hybridized carbons (Fsp3) is 0.118. The highest BCUT2D eigenvalue weighted by molar-refractivity contribution is 7.89. The van der Waals surface area contributed by atoms with Crippen molar-refractivity contribution >= 4 is 50.3 Å². The van der Waals surface area contributed by atoms with Gasteiger partial charge in [0, 0.05) is 12.1 Å². The first kappa shape index (κ1) is 19.9. The van der Waals surface area contributed by atoms with Gasteiger partial charge in [-0.3, -0.25) is 10.2 Å². The van der Waals surface area contributed by atoms with Crippen molar-refractivity contribution in [2.45, 2.75) is 11.8 Å². The molecule has 0 aliphatic carbocycles. The largest absolute Gasteiger partial charge is 0.330 e. The van der Waals surface area contributed by atoms with E-state index in [9.17, 15) is 17.6 Å². The molecular weight excluding hydrogens is 405 g/mol. The van der Waals surface area contributed by atoms with E-state index < -0.39 is 21.7 Å². The van der Waals surface area contributed by atoms with Crippen LogP contribution in [0, 0.1) is 5.82 Å². The number of sulfonamides is 1. The monoisotopic (exact) mass is 421 g/mol. The summed E-state index contributed by atoms with van der Waals surface area (Å²) in [6.07, 6.45) is 0. The summed E-state index contributed by atoms with van der Waals surface area (Å²) in [5.74, 6) is -0.997. The predicted molar refractivity (Wildman–Crippen MR) is 108 cm³/mol. The number of nitrogens with one attached hydrogen (secondary N) is 2. The molecule has 0 bridgehead atoms. The van der Waals surface area contributed by atoms with E-state index in [1.807, 2.05) is 0 Å². The van der Waals surface area contributed by atoms with Gasteiger partial charge in [-0.15, -0.1) is 0 Å². The Balaban J connectivity index is 1.85. The van der Waals surface area contributed by atoms with Crippen LogP contribution in [0.1, 0.15) is 12.5 Å². The highest BCUT2D eigenvalue weighted by atomic mass is 32.2. The van der Waals surface area contributed by atoms with E-state index in [0.29, 0.717) is 5.56 Å². The molecule has 1 heterocycles. The molecule has 2 aromatic carbocycles. The first-order valence-electron chi connectivity index (χ1n) is 8.11. The number of halogens is 1. The maximum Gasteiger partial charge on any atom is 0.279 e. The minimum absolute atomic E-state index is 0.000214. The van der Waals surface area contributed by atoms with Gasteiger partial charge < -0.3 is 10.2 Å². The van der Waals surface area contributed by atoms with Gasteiger partial charge in [0.1, 0.15) is 10.7 Å². The third-order valence-electron chi connectivity index (χ3n) is 3.99. The number of fused-ring (bicyclic) bond motifs is 1. The van der Waals surface area contributed by atoms with Crippen LogP contribution < -0.4 is 20.8 Å². The van der Waals surface area contributed by atoms with Crippen molar-refractivity contribution in [2.24, 2.45) is 10.2 Å². The van der Waals surface area contributed by atoms with Gasteiger partial charge in [-0.05, 0) is 37.3 Å². The highest BCUT2D eigenvalue weighted by Crippen LogP contribution is 2.31. The second-order valence-electron chi connectivity index (χ2n) is 5.75. The Morgan fingerprint density at radius 3 is 2.64 bits per heavy atom. The van der Waals surface area contributed by atoms with Crippen LogP contribution in [0.2, 0.25) is 0 Å². The van der Waals surface area contributed by atoms with Gasteiger partial charge in [0.2, 0.25) is 10.0 Å². The summed E-state index contributed by atoms with van der Waals surface area (Å²) >= 11 is 5.11. The van der Waals surface area contributed by atoms with Gasteiger partial charge in [-0.25, -0.2) is 17.9 Å². The molecule has 2 aromatic rings. The fourth-order valence-corrected chi connectivity index (χ4v) is 3.66. The standard InChI is InChI=1S/C17H16FN5O3S2/c1-2-23-15-10(6-5-7-11(15)18)14(16(23)24)21-22-17(27)20-12-8-3-4-9-13(12)28(19,25)26/h3-9H,2H2,1H3,(H2,19,25,26)(H2,20,22,27). The molecule has 3 rings (SSSR count). The molecule has 0 radical (unpaired) electrons. The zero-order valence-electron chi connectivity index (χ0n) is 14.6. The van der Waals surface area contributed by atoms with Crippen LogP contribution in [-0.2, 0) is 14.8 Å². The number of hydrogen-bond acceptors (Lipinski definition) is 5. The number of nitrogens with zero attached hydrogens (tertiary/aromatic N) is 2. The fourth-order valence-electron chi connectivity index (χ4n) is 2.81. The van der Waals surface area contributed by atoms with Crippen molar-refractivity contribution < 1.29 is 17.6 Å². The lowest BCUT2D eigenvalue weighted by Crippen LogP contribution is -2.32. The van der Waals surface area contributed by atoms with E-state index in [0.717, 1.165) is 0 Å². The number of primary sulfonamides is 1. The molecule has 11 heteroatoms. The van der Waals surface area contributed by atoms with E-state index in [1.54, 1.807) is 19.1 Å². The van der Waals surface area contributed by atoms with Gasteiger partial charge in [0.25, 0.3) is 5.91 Å². The smallest absolute Gasteiger partial charge is 0.279 e. The second kappa shape index (κ2) is 7.62. The number of carbonyl (C=O) groups excluding carboxylic acids is 1. The Bertz CT molecular complexity index is 1100. The molecule has 0 aromatic heterocycles. The molecule has 0 fully saturated rings. The number of likely N-dealkylation sites (N-methyl/N-ethyl adjacent to an activating group) is 1. The average Bonchev–Trinajstić information content (AvgIpc) is 2.91. The highest BCUT2D eigenvalue weighted by Gasteiger charge is 2.35. The molecule has 1 amide bonds. The number of rotatable bonds is 4. The summed E-state index contributed by atoms with van der Waals surface area (Å²) in [5, 5.41) is 11.8. The van der Waals surface area contributed by atoms with E-state index >= 15 is 0 Å². The van der Waals surface area contributed by atoms with E-state index in [1.165, 1.54) is 35.2 Å². The zero-order valence-corrected chi connectivity index (χ0v) is 16.3. The molecule has 0 saturated heterocycles. The van der Waals surface area contributed by atoms with E-state index in [-0.39, 0.29) is 33.6 Å².